The second-order valence-electron chi connectivity index (χ2n) is 7.42. The number of rotatable bonds is 6. The molecule has 0 aliphatic rings. The fourth-order valence-electron chi connectivity index (χ4n) is 3.39. The van der Waals surface area contributed by atoms with Crippen LogP contribution in [-0.4, -0.2) is 14.4 Å². The molecule has 0 N–H and O–H groups in total. The number of benzene rings is 2. The van der Waals surface area contributed by atoms with Crippen LogP contribution in [0.5, 0.6) is 5.75 Å². The molecule has 0 amide bonds. The first kappa shape index (κ1) is 21.8. The lowest BCUT2D eigenvalue weighted by Crippen LogP contribution is -2.17. The van der Waals surface area contributed by atoms with E-state index in [1.807, 2.05) is 37.3 Å². The third kappa shape index (κ3) is 4.55. The molecule has 2 aromatic carbocycles. The maximum Gasteiger partial charge on any atom is 0.301 e. The van der Waals surface area contributed by atoms with Crippen molar-refractivity contribution in [2.45, 2.75) is 20.0 Å². The summed E-state index contributed by atoms with van der Waals surface area (Å²) < 4.78 is 21.3. The summed E-state index contributed by atoms with van der Waals surface area (Å²) >= 11 is 8.61. The van der Waals surface area contributed by atoms with Gasteiger partial charge in [0.25, 0.3) is 0 Å². The molecule has 5 nitrogen and oxygen atoms in total. The molecule has 0 saturated heterocycles. The number of ether oxygens (including phenoxy) is 1. The van der Waals surface area contributed by atoms with Gasteiger partial charge in [0, 0.05) is 28.6 Å². The van der Waals surface area contributed by atoms with E-state index in [4.69, 9.17) is 21.3 Å². The molecule has 0 unspecified atom stereocenters. The van der Waals surface area contributed by atoms with Crippen LogP contribution in [0.3, 0.4) is 0 Å². The monoisotopic (exact) mass is 497 g/mol. The maximum absolute atomic E-state index is 13.8. The summed E-state index contributed by atoms with van der Waals surface area (Å²) in [7, 11) is 0. The summed E-state index contributed by atoms with van der Waals surface area (Å²) in [5.74, 6) is -0.295. The first-order chi connectivity index (χ1) is 16.0. The lowest BCUT2D eigenvalue weighted by Gasteiger charge is -2.09. The van der Waals surface area contributed by atoms with Crippen molar-refractivity contribution in [2.24, 2.45) is 0 Å². The zero-order chi connectivity index (χ0) is 22.9. The average molecular weight is 498 g/mol. The molecule has 0 aliphatic heterocycles. The molecule has 9 heteroatoms. The molecular weight excluding hydrogens is 481 g/mol. The van der Waals surface area contributed by atoms with E-state index in [0.717, 1.165) is 20.9 Å². The van der Waals surface area contributed by atoms with E-state index in [-0.39, 0.29) is 22.9 Å². The summed E-state index contributed by atoms with van der Waals surface area (Å²) in [5, 5.41) is 0.668. The lowest BCUT2D eigenvalue weighted by atomic mass is 10.1. The van der Waals surface area contributed by atoms with E-state index in [1.165, 1.54) is 33.1 Å². The first-order valence-corrected chi connectivity index (χ1v) is 12.1. The molecule has 3 heterocycles. The van der Waals surface area contributed by atoms with Gasteiger partial charge in [-0.3, -0.25) is 9.20 Å². The smallest absolute Gasteiger partial charge is 0.301 e. The Kier molecular flexibility index (Phi) is 5.97. The maximum atomic E-state index is 13.8. The third-order valence-electron chi connectivity index (χ3n) is 4.95. The van der Waals surface area contributed by atoms with Gasteiger partial charge in [0.15, 0.2) is 4.96 Å². The Bertz CT molecular complexity index is 1510. The summed E-state index contributed by atoms with van der Waals surface area (Å²) in [5.41, 5.74) is 1.87. The lowest BCUT2D eigenvalue weighted by molar-refractivity contribution is 0.301. The van der Waals surface area contributed by atoms with E-state index < -0.39 is 5.82 Å². The zero-order valence-electron chi connectivity index (χ0n) is 17.4. The predicted octanol–water partition coefficient (Wildman–Crippen LogP) is 6.15. The second-order valence-corrected chi connectivity index (χ2v) is 10.2. The van der Waals surface area contributed by atoms with E-state index >= 15 is 0 Å². The van der Waals surface area contributed by atoms with E-state index in [0.29, 0.717) is 22.1 Å². The fraction of sp³-hybridized carbons (Fsp3) is 0.125. The Balaban J connectivity index is 1.52. The van der Waals surface area contributed by atoms with Crippen molar-refractivity contribution in [1.82, 2.24) is 14.4 Å². The predicted molar refractivity (Wildman–Crippen MR) is 130 cm³/mol. The van der Waals surface area contributed by atoms with E-state index in [9.17, 15) is 9.18 Å². The molecule has 5 rings (SSSR count). The van der Waals surface area contributed by atoms with Crippen LogP contribution in [0.2, 0.25) is 5.02 Å². The Morgan fingerprint density at radius 2 is 1.94 bits per heavy atom. The number of thiazole rings is 2. The summed E-state index contributed by atoms with van der Waals surface area (Å²) in [4.78, 5) is 24.9. The highest BCUT2D eigenvalue weighted by Crippen LogP contribution is 2.32. The van der Waals surface area contributed by atoms with Crippen LogP contribution in [-0.2, 0) is 13.0 Å². The molecule has 0 atom stereocenters. The summed E-state index contributed by atoms with van der Waals surface area (Å²) in [6.07, 6.45) is 3.97. The van der Waals surface area contributed by atoms with Gasteiger partial charge in [-0.05, 0) is 30.2 Å². The molecule has 0 aliphatic carbocycles. The zero-order valence-corrected chi connectivity index (χ0v) is 19.8. The van der Waals surface area contributed by atoms with Crippen LogP contribution in [0.25, 0.3) is 15.7 Å². The van der Waals surface area contributed by atoms with Crippen molar-refractivity contribution in [3.05, 3.63) is 103 Å². The highest BCUT2D eigenvalue weighted by atomic mass is 35.5. The molecule has 166 valence electrons. The molecular formula is C24H17ClFN3O2S2. The quantitative estimate of drug-likeness (QED) is 0.282. The second kappa shape index (κ2) is 9.05. The van der Waals surface area contributed by atoms with Gasteiger partial charge in [0.2, 0.25) is 5.75 Å². The fourth-order valence-corrected chi connectivity index (χ4v) is 5.26. The summed E-state index contributed by atoms with van der Waals surface area (Å²) in [6, 6.07) is 14.4. The molecule has 3 aromatic heterocycles. The number of halogens is 2. The van der Waals surface area contributed by atoms with Crippen LogP contribution in [0.4, 0.5) is 4.39 Å². The average Bonchev–Trinajstić information content (AvgIpc) is 3.42. The number of hydrogen-bond acceptors (Lipinski definition) is 6. The van der Waals surface area contributed by atoms with Crippen molar-refractivity contribution in [1.29, 1.82) is 0 Å². The summed E-state index contributed by atoms with van der Waals surface area (Å²) in [6.45, 7) is 2.16. The van der Waals surface area contributed by atoms with Crippen LogP contribution >= 0.6 is 34.3 Å². The standard InChI is InChI=1S/C24H17ClFN3O2S2/c1-14-12-29-23(30)21(31-13-15-5-3-2-4-6-15)20(28-24(29)32-14)22-27-11-17(33-22)9-16-7-8-18(25)19(26)10-16/h2-8,10-12H,9,13H2,1H3. The minimum atomic E-state index is -0.455. The minimum absolute atomic E-state index is 0.0909. The highest BCUT2D eigenvalue weighted by molar-refractivity contribution is 7.17. The van der Waals surface area contributed by atoms with Crippen molar-refractivity contribution in [3.63, 3.8) is 0 Å². The van der Waals surface area contributed by atoms with E-state index in [2.05, 4.69) is 4.98 Å². The van der Waals surface area contributed by atoms with E-state index in [1.54, 1.807) is 24.5 Å². The molecule has 0 saturated carbocycles. The van der Waals surface area contributed by atoms with Crippen molar-refractivity contribution >= 4 is 39.2 Å². The largest absolute Gasteiger partial charge is 0.481 e. The normalized spacial score (nSPS) is 11.2. The van der Waals surface area contributed by atoms with Crippen LogP contribution in [0.1, 0.15) is 20.9 Å². The van der Waals surface area contributed by atoms with Gasteiger partial charge in [-0.2, -0.15) is 0 Å². The topological polar surface area (TPSA) is 56.5 Å². The first-order valence-electron chi connectivity index (χ1n) is 10.1. The van der Waals surface area contributed by atoms with Gasteiger partial charge < -0.3 is 4.74 Å². The van der Waals surface area contributed by atoms with Gasteiger partial charge >= 0.3 is 5.56 Å². The number of fused-ring (bicyclic) bond motifs is 1. The van der Waals surface area contributed by atoms with Gasteiger partial charge in [-0.15, -0.1) is 22.7 Å². The minimum Gasteiger partial charge on any atom is -0.481 e. The Labute approximate surface area is 201 Å². The Morgan fingerprint density at radius 1 is 1.12 bits per heavy atom. The Morgan fingerprint density at radius 3 is 2.73 bits per heavy atom. The molecule has 0 spiro atoms. The molecule has 5 aromatic rings. The van der Waals surface area contributed by atoms with Crippen LogP contribution < -0.4 is 10.3 Å². The van der Waals surface area contributed by atoms with Gasteiger partial charge in [0.1, 0.15) is 23.1 Å². The van der Waals surface area contributed by atoms with Crippen molar-refractivity contribution in [3.8, 4) is 16.5 Å². The number of nitrogens with zero attached hydrogens (tertiary/aromatic N) is 3. The highest BCUT2D eigenvalue weighted by Gasteiger charge is 2.20. The van der Waals surface area contributed by atoms with Crippen LogP contribution in [0.15, 0.2) is 65.7 Å². The SMILES string of the molecule is Cc1cn2c(=O)c(OCc3ccccc3)c(-c3ncc(Cc4ccc(Cl)c(F)c4)s3)nc2s1. The molecule has 0 fully saturated rings. The number of hydrogen-bond donors (Lipinski definition) is 0. The Hall–Kier alpha value is -3.07. The van der Waals surface area contributed by atoms with Crippen molar-refractivity contribution in [2.75, 3.05) is 0 Å². The number of aromatic nitrogens is 3. The van der Waals surface area contributed by atoms with Gasteiger partial charge in [-0.1, -0.05) is 48.0 Å². The number of aryl methyl sites for hydroxylation is 1. The molecule has 0 radical (unpaired) electrons. The molecule has 33 heavy (non-hydrogen) atoms. The van der Waals surface area contributed by atoms with Gasteiger partial charge in [-0.25, -0.2) is 14.4 Å². The van der Waals surface area contributed by atoms with Gasteiger partial charge in [0.05, 0.1) is 5.02 Å². The van der Waals surface area contributed by atoms with Crippen molar-refractivity contribution < 1.29 is 9.13 Å². The third-order valence-corrected chi connectivity index (χ3v) is 7.16. The molecule has 0 bridgehead atoms. The van der Waals surface area contributed by atoms with Crippen LogP contribution in [0, 0.1) is 12.7 Å².